The van der Waals surface area contributed by atoms with Gasteiger partial charge in [-0.25, -0.2) is 9.97 Å². The highest BCUT2D eigenvalue weighted by Gasteiger charge is 2.31. The van der Waals surface area contributed by atoms with E-state index in [2.05, 4.69) is 9.88 Å². The van der Waals surface area contributed by atoms with Crippen LogP contribution in [0.3, 0.4) is 0 Å². The number of piperazine rings is 1. The van der Waals surface area contributed by atoms with Crippen LogP contribution in [-0.4, -0.2) is 67.3 Å². The number of aryl methyl sites for hydroxylation is 1. The molecule has 2 aliphatic heterocycles. The van der Waals surface area contributed by atoms with E-state index >= 15 is 0 Å². The maximum atomic E-state index is 12.7. The van der Waals surface area contributed by atoms with Crippen molar-refractivity contribution in [3.63, 3.8) is 0 Å². The molecule has 0 saturated carbocycles. The van der Waals surface area contributed by atoms with Gasteiger partial charge in [0.2, 0.25) is 5.91 Å². The molecule has 0 spiro atoms. The molecule has 2 fully saturated rings. The molecule has 1 amide bonds. The van der Waals surface area contributed by atoms with E-state index in [1.807, 2.05) is 36.1 Å². The van der Waals surface area contributed by atoms with Gasteiger partial charge in [0.25, 0.3) is 0 Å². The lowest BCUT2D eigenvalue weighted by Crippen LogP contribution is -2.51. The molecule has 2 saturated heterocycles. The van der Waals surface area contributed by atoms with Crippen molar-refractivity contribution in [3.05, 3.63) is 51.9 Å². The maximum absolute atomic E-state index is 12.7. The molecule has 1 unspecified atom stereocenters. The van der Waals surface area contributed by atoms with Gasteiger partial charge in [-0.05, 0) is 31.0 Å². The molecule has 4 rings (SSSR count). The van der Waals surface area contributed by atoms with E-state index in [4.69, 9.17) is 26.1 Å². The van der Waals surface area contributed by atoms with Gasteiger partial charge in [-0.3, -0.25) is 4.79 Å². The van der Waals surface area contributed by atoms with Crippen molar-refractivity contribution in [3.8, 4) is 0 Å². The van der Waals surface area contributed by atoms with Crippen molar-refractivity contribution in [1.82, 2.24) is 14.9 Å². The highest BCUT2D eigenvalue weighted by atomic mass is 35.5. The SMILES string of the molecule is COCc1nc(C)nc(N2CCN(C(=O)C3CCOC3)CC2)c1Cc1ccc(Cl)cc1. The highest BCUT2D eigenvalue weighted by Crippen LogP contribution is 2.27. The van der Waals surface area contributed by atoms with Gasteiger partial charge < -0.3 is 19.3 Å². The normalized spacial score (nSPS) is 19.1. The van der Waals surface area contributed by atoms with Crippen molar-refractivity contribution in [2.75, 3.05) is 51.4 Å². The van der Waals surface area contributed by atoms with Crippen molar-refractivity contribution in [2.45, 2.75) is 26.4 Å². The van der Waals surface area contributed by atoms with Crippen LogP contribution in [0, 0.1) is 12.8 Å². The first-order valence-corrected chi connectivity index (χ1v) is 11.1. The van der Waals surface area contributed by atoms with Gasteiger partial charge in [0.15, 0.2) is 0 Å². The summed E-state index contributed by atoms with van der Waals surface area (Å²) in [5, 5.41) is 0.717. The van der Waals surface area contributed by atoms with E-state index < -0.39 is 0 Å². The lowest BCUT2D eigenvalue weighted by Gasteiger charge is -2.37. The van der Waals surface area contributed by atoms with E-state index in [0.717, 1.165) is 53.0 Å². The molecule has 0 radical (unpaired) electrons. The number of methoxy groups -OCH3 is 1. The maximum Gasteiger partial charge on any atom is 0.228 e. The predicted molar refractivity (Wildman–Crippen MR) is 119 cm³/mol. The number of aromatic nitrogens is 2. The molecule has 2 aromatic rings. The Balaban J connectivity index is 1.55. The number of carbonyl (C=O) groups excluding carboxylic acids is 1. The van der Waals surface area contributed by atoms with E-state index in [-0.39, 0.29) is 11.8 Å². The second-order valence-electron chi connectivity index (χ2n) is 8.13. The van der Waals surface area contributed by atoms with Crippen LogP contribution in [-0.2, 0) is 27.3 Å². The lowest BCUT2D eigenvalue weighted by molar-refractivity contribution is -0.135. The first-order chi connectivity index (χ1) is 15.0. The number of ether oxygens (including phenoxy) is 2. The van der Waals surface area contributed by atoms with Crippen LogP contribution in [0.2, 0.25) is 5.02 Å². The summed E-state index contributed by atoms with van der Waals surface area (Å²) >= 11 is 6.06. The van der Waals surface area contributed by atoms with Gasteiger partial charge in [-0.15, -0.1) is 0 Å². The molecule has 0 N–H and O–H groups in total. The van der Waals surface area contributed by atoms with Gasteiger partial charge in [0.1, 0.15) is 11.6 Å². The van der Waals surface area contributed by atoms with Gasteiger partial charge in [-0.1, -0.05) is 23.7 Å². The summed E-state index contributed by atoms with van der Waals surface area (Å²) in [6, 6.07) is 7.86. The Morgan fingerprint density at radius 1 is 1.19 bits per heavy atom. The van der Waals surface area contributed by atoms with Gasteiger partial charge in [0.05, 0.1) is 24.8 Å². The number of benzene rings is 1. The summed E-state index contributed by atoms with van der Waals surface area (Å²) in [6.45, 7) is 6.46. The molecule has 0 bridgehead atoms. The highest BCUT2D eigenvalue weighted by molar-refractivity contribution is 6.30. The third kappa shape index (κ3) is 5.17. The predicted octanol–water partition coefficient (Wildman–Crippen LogP) is 2.86. The molecule has 7 nitrogen and oxygen atoms in total. The summed E-state index contributed by atoms with van der Waals surface area (Å²) in [4.78, 5) is 26.5. The number of hydrogen-bond donors (Lipinski definition) is 0. The Kier molecular flexibility index (Phi) is 7.05. The lowest BCUT2D eigenvalue weighted by atomic mass is 10.0. The molecule has 0 aliphatic carbocycles. The number of amides is 1. The minimum Gasteiger partial charge on any atom is -0.381 e. The molecular weight excluding hydrogens is 416 g/mol. The number of anilines is 1. The molecule has 1 aromatic heterocycles. The van der Waals surface area contributed by atoms with Crippen molar-refractivity contribution in [1.29, 1.82) is 0 Å². The van der Waals surface area contributed by atoms with Crippen molar-refractivity contribution >= 4 is 23.3 Å². The zero-order valence-electron chi connectivity index (χ0n) is 18.1. The van der Waals surface area contributed by atoms with Crippen LogP contribution in [0.25, 0.3) is 0 Å². The average Bonchev–Trinajstić information content (AvgIpc) is 3.31. The third-order valence-corrected chi connectivity index (χ3v) is 6.18. The average molecular weight is 445 g/mol. The van der Waals surface area contributed by atoms with Crippen molar-refractivity contribution < 1.29 is 14.3 Å². The van der Waals surface area contributed by atoms with Crippen LogP contribution in [0.4, 0.5) is 5.82 Å². The molecule has 2 aliphatic rings. The fraction of sp³-hybridized carbons (Fsp3) is 0.522. The van der Waals surface area contributed by atoms with Gasteiger partial charge >= 0.3 is 0 Å². The smallest absolute Gasteiger partial charge is 0.228 e. The molecule has 1 aromatic carbocycles. The third-order valence-electron chi connectivity index (χ3n) is 5.93. The van der Waals surface area contributed by atoms with Crippen LogP contribution in [0.1, 0.15) is 29.1 Å². The molecule has 31 heavy (non-hydrogen) atoms. The summed E-state index contributed by atoms with van der Waals surface area (Å²) < 4.78 is 10.8. The fourth-order valence-corrected chi connectivity index (χ4v) is 4.39. The Labute approximate surface area is 188 Å². The van der Waals surface area contributed by atoms with Crippen LogP contribution >= 0.6 is 11.6 Å². The number of halogens is 1. The van der Waals surface area contributed by atoms with Crippen LogP contribution in [0.15, 0.2) is 24.3 Å². The zero-order valence-corrected chi connectivity index (χ0v) is 18.9. The molecular formula is C23H29ClN4O3. The minimum atomic E-state index is 0.0154. The first kappa shape index (κ1) is 22.0. The molecule has 166 valence electrons. The van der Waals surface area contributed by atoms with Gasteiger partial charge in [0, 0.05) is 56.9 Å². The molecule has 1 atom stereocenters. The Hall–Kier alpha value is -2.22. The topological polar surface area (TPSA) is 67.8 Å². The van der Waals surface area contributed by atoms with E-state index in [1.165, 1.54) is 0 Å². The van der Waals surface area contributed by atoms with Crippen molar-refractivity contribution in [2.24, 2.45) is 5.92 Å². The number of carbonyl (C=O) groups is 1. The quantitative estimate of drug-likeness (QED) is 0.682. The fourth-order valence-electron chi connectivity index (χ4n) is 4.27. The molecule has 3 heterocycles. The van der Waals surface area contributed by atoms with E-state index in [0.29, 0.717) is 39.3 Å². The monoisotopic (exact) mass is 444 g/mol. The zero-order chi connectivity index (χ0) is 21.8. The van der Waals surface area contributed by atoms with Crippen LogP contribution < -0.4 is 4.90 Å². The second-order valence-corrected chi connectivity index (χ2v) is 8.57. The van der Waals surface area contributed by atoms with Gasteiger partial charge in [-0.2, -0.15) is 0 Å². The summed E-state index contributed by atoms with van der Waals surface area (Å²) in [6.07, 6.45) is 1.53. The Morgan fingerprint density at radius 2 is 1.94 bits per heavy atom. The summed E-state index contributed by atoms with van der Waals surface area (Å²) in [5.74, 6) is 1.90. The van der Waals surface area contributed by atoms with Crippen LogP contribution in [0.5, 0.6) is 0 Å². The summed E-state index contributed by atoms with van der Waals surface area (Å²) in [5.41, 5.74) is 3.12. The minimum absolute atomic E-state index is 0.0154. The Morgan fingerprint density at radius 3 is 2.58 bits per heavy atom. The largest absolute Gasteiger partial charge is 0.381 e. The Bertz CT molecular complexity index is 908. The first-order valence-electron chi connectivity index (χ1n) is 10.8. The number of hydrogen-bond acceptors (Lipinski definition) is 6. The van der Waals surface area contributed by atoms with E-state index in [1.54, 1.807) is 7.11 Å². The standard InChI is InChI=1S/C23H29ClN4O3/c1-16-25-21(15-30-2)20(13-17-3-5-19(24)6-4-17)22(26-16)27-8-10-28(11-9-27)23(29)18-7-12-31-14-18/h3-6,18H,7-15H2,1-2H3. The molecule has 8 heteroatoms. The van der Waals surface area contributed by atoms with E-state index in [9.17, 15) is 4.79 Å². The summed E-state index contributed by atoms with van der Waals surface area (Å²) in [7, 11) is 1.68. The number of rotatable bonds is 6. The number of nitrogens with zero attached hydrogens (tertiary/aromatic N) is 4. The second kappa shape index (κ2) is 9.94.